The fraction of sp³-hybridized carbons (Fsp3) is 0.960. The minimum absolute atomic E-state index is 0.0712. The molecule has 5 aliphatic heterocycles. The van der Waals surface area contributed by atoms with Crippen molar-refractivity contribution in [2.75, 3.05) is 19.8 Å². The van der Waals surface area contributed by atoms with Crippen molar-refractivity contribution in [2.24, 2.45) is 46.3 Å². The van der Waals surface area contributed by atoms with Crippen molar-refractivity contribution in [3.8, 4) is 0 Å². The van der Waals surface area contributed by atoms with Crippen LogP contribution in [-0.4, -0.2) is 232 Å². The van der Waals surface area contributed by atoms with E-state index in [0.717, 1.165) is 32.1 Å². The van der Waals surface area contributed by atoms with Gasteiger partial charge in [0.1, 0.15) is 85.5 Å². The van der Waals surface area contributed by atoms with E-state index in [1.54, 1.807) is 0 Å². The maximum atomic E-state index is 12.1. The Bertz CT molecular complexity index is 1900. The number of ether oxygens (including phenoxy) is 9. The van der Waals surface area contributed by atoms with Crippen molar-refractivity contribution in [3.05, 3.63) is 11.6 Å². The molecule has 73 heavy (non-hydrogen) atoms. The third-order valence-corrected chi connectivity index (χ3v) is 19.2. The zero-order valence-electron chi connectivity index (χ0n) is 42.2. The summed E-state index contributed by atoms with van der Waals surface area (Å²) >= 11 is 0. The van der Waals surface area contributed by atoms with Crippen molar-refractivity contribution in [2.45, 2.75) is 233 Å². The standard InChI is InChI=1S/C50H82O23/c1-19(18-65-44-37(59)34(56)32(54)28(16-51)68-44)8-13-50(64)20(2)30-27(73-50)15-26-24-7-6-22-14-23(9-11-48(22,4)25(24)10-12-49(26,30)5)67-47-42(71-45-38(60)33(55)31(53)21(3)66-45)40(62)41(29(17-52)69-47)70-46-39(61)35(57)36(58)43(63)72-46/h6,19-21,23-47,51-64H,7-18H2,1-5H3. The molecular formula is C50H82O23. The average Bonchev–Trinajstić information content (AvgIpc) is 3.80. The number of aliphatic hydroxyl groups is 14. The molecule has 0 spiro atoms. The van der Waals surface area contributed by atoms with Crippen LogP contribution in [-0.2, 0) is 42.6 Å². The number of hydrogen-bond acceptors (Lipinski definition) is 23. The molecule has 0 amide bonds. The van der Waals surface area contributed by atoms with Gasteiger partial charge in [0, 0.05) is 12.3 Å². The summed E-state index contributed by atoms with van der Waals surface area (Å²) in [7, 11) is 0. The Morgan fingerprint density at radius 3 is 1.99 bits per heavy atom. The molecular weight excluding hydrogens is 969 g/mol. The van der Waals surface area contributed by atoms with E-state index in [2.05, 4.69) is 26.8 Å². The molecule has 0 aromatic heterocycles. The molecule has 5 heterocycles. The van der Waals surface area contributed by atoms with Crippen LogP contribution < -0.4 is 0 Å². The second-order valence-electron chi connectivity index (χ2n) is 23.5. The molecule has 5 saturated heterocycles. The first-order valence-corrected chi connectivity index (χ1v) is 26.5. The van der Waals surface area contributed by atoms with Gasteiger partial charge in [0.25, 0.3) is 0 Å². The number of fused-ring (bicyclic) bond motifs is 7. The highest BCUT2D eigenvalue weighted by atomic mass is 16.8. The number of allylic oxidation sites excluding steroid dienone is 1. The number of hydrogen-bond donors (Lipinski definition) is 14. The lowest BCUT2D eigenvalue weighted by atomic mass is 9.47. The highest BCUT2D eigenvalue weighted by Crippen LogP contribution is 2.70. The zero-order chi connectivity index (χ0) is 52.8. The summed E-state index contributed by atoms with van der Waals surface area (Å²) in [5.74, 6) is -0.317. The lowest BCUT2D eigenvalue weighted by Crippen LogP contribution is -2.66. The van der Waals surface area contributed by atoms with E-state index in [9.17, 15) is 71.5 Å². The van der Waals surface area contributed by atoms with Gasteiger partial charge in [0.05, 0.1) is 38.1 Å². The van der Waals surface area contributed by atoms with Crippen LogP contribution in [0.15, 0.2) is 11.6 Å². The summed E-state index contributed by atoms with van der Waals surface area (Å²) in [4.78, 5) is 0. The molecule has 31 atom stereocenters. The van der Waals surface area contributed by atoms with Crippen molar-refractivity contribution in [1.82, 2.24) is 0 Å². The van der Waals surface area contributed by atoms with Crippen molar-refractivity contribution < 1.29 is 114 Å². The average molecular weight is 1050 g/mol. The van der Waals surface area contributed by atoms with Gasteiger partial charge in [0.2, 0.25) is 0 Å². The molecule has 3 saturated carbocycles. The Balaban J connectivity index is 0.846. The van der Waals surface area contributed by atoms with Crippen LogP contribution in [0.2, 0.25) is 0 Å². The summed E-state index contributed by atoms with van der Waals surface area (Å²) in [6, 6.07) is 0. The van der Waals surface area contributed by atoms with Crippen molar-refractivity contribution in [3.63, 3.8) is 0 Å². The van der Waals surface area contributed by atoms with Crippen LogP contribution in [0.3, 0.4) is 0 Å². The molecule has 31 unspecified atom stereocenters. The van der Waals surface area contributed by atoms with E-state index in [1.807, 2.05) is 6.92 Å². The monoisotopic (exact) mass is 1050 g/mol. The van der Waals surface area contributed by atoms with Crippen LogP contribution in [0.4, 0.5) is 0 Å². The first kappa shape index (κ1) is 56.5. The van der Waals surface area contributed by atoms with Crippen LogP contribution in [0, 0.1) is 46.3 Å². The predicted molar refractivity (Wildman–Crippen MR) is 245 cm³/mol. The smallest absolute Gasteiger partial charge is 0.189 e. The molecule has 14 N–H and O–H groups in total. The molecule has 420 valence electrons. The molecule has 0 radical (unpaired) electrons. The molecule has 8 fully saturated rings. The van der Waals surface area contributed by atoms with Gasteiger partial charge in [-0.05, 0) is 98.7 Å². The van der Waals surface area contributed by atoms with E-state index < -0.39 is 148 Å². The second kappa shape index (κ2) is 21.8. The Labute approximate surface area is 424 Å². The SMILES string of the molecule is CC(CCC1(O)OC2CC3C4CC=C5CC(OC6OC(CO)C(OC7OC(O)C(O)C(O)C7O)C(O)C6OC6OC(C)C(O)C(O)C6O)CCC5(C)C4CCC3(C)C2C1C)COC1OC(CO)C(O)C(O)C1O. The number of aliphatic hydroxyl groups excluding tert-OH is 13. The minimum Gasteiger partial charge on any atom is -0.394 e. The molecule has 0 aromatic carbocycles. The summed E-state index contributed by atoms with van der Waals surface area (Å²) < 4.78 is 53.8. The Morgan fingerprint density at radius 2 is 1.29 bits per heavy atom. The van der Waals surface area contributed by atoms with Gasteiger partial charge in [0.15, 0.2) is 37.2 Å². The number of rotatable bonds is 14. The van der Waals surface area contributed by atoms with E-state index >= 15 is 0 Å². The first-order valence-electron chi connectivity index (χ1n) is 26.5. The van der Waals surface area contributed by atoms with E-state index in [1.165, 1.54) is 12.5 Å². The maximum absolute atomic E-state index is 12.1. The Hall–Kier alpha value is -1.18. The summed E-state index contributed by atoms with van der Waals surface area (Å²) in [5, 5.41) is 148. The molecule has 4 aliphatic carbocycles. The van der Waals surface area contributed by atoms with Gasteiger partial charge < -0.3 is 114 Å². The highest BCUT2D eigenvalue weighted by molar-refractivity contribution is 5.26. The lowest BCUT2D eigenvalue weighted by molar-refractivity contribution is -0.397. The predicted octanol–water partition coefficient (Wildman–Crippen LogP) is -3.05. The van der Waals surface area contributed by atoms with E-state index in [4.69, 9.17) is 42.6 Å². The molecule has 9 aliphatic rings. The van der Waals surface area contributed by atoms with Gasteiger partial charge in [-0.1, -0.05) is 39.3 Å². The third-order valence-electron chi connectivity index (χ3n) is 19.2. The van der Waals surface area contributed by atoms with Crippen LogP contribution >= 0.6 is 0 Å². The van der Waals surface area contributed by atoms with Gasteiger partial charge >= 0.3 is 0 Å². The quantitative estimate of drug-likeness (QED) is 0.0769. The second-order valence-corrected chi connectivity index (χ2v) is 23.5. The lowest BCUT2D eigenvalue weighted by Gasteiger charge is -2.58. The van der Waals surface area contributed by atoms with Gasteiger partial charge in [-0.3, -0.25) is 0 Å². The molecule has 23 nitrogen and oxygen atoms in total. The summed E-state index contributed by atoms with van der Waals surface area (Å²) in [6.45, 7) is 9.06. The fourth-order valence-corrected chi connectivity index (χ4v) is 14.8. The van der Waals surface area contributed by atoms with Gasteiger partial charge in [-0.25, -0.2) is 0 Å². The van der Waals surface area contributed by atoms with Crippen molar-refractivity contribution >= 4 is 0 Å². The van der Waals surface area contributed by atoms with E-state index in [0.29, 0.717) is 43.4 Å². The Kier molecular flexibility index (Phi) is 16.9. The molecule has 9 rings (SSSR count). The normalized spacial score (nSPS) is 55.5. The molecule has 23 heteroatoms. The van der Waals surface area contributed by atoms with Crippen LogP contribution in [0.25, 0.3) is 0 Å². The van der Waals surface area contributed by atoms with Crippen LogP contribution in [0.1, 0.15) is 92.4 Å². The molecule has 0 bridgehead atoms. The highest BCUT2D eigenvalue weighted by Gasteiger charge is 2.68. The largest absolute Gasteiger partial charge is 0.394 e. The first-order chi connectivity index (χ1) is 34.5. The minimum atomic E-state index is -1.97. The van der Waals surface area contributed by atoms with Gasteiger partial charge in [-0.15, -0.1) is 0 Å². The Morgan fingerprint density at radius 1 is 0.658 bits per heavy atom. The van der Waals surface area contributed by atoms with E-state index in [-0.39, 0.29) is 41.3 Å². The van der Waals surface area contributed by atoms with Crippen LogP contribution in [0.5, 0.6) is 0 Å². The zero-order valence-corrected chi connectivity index (χ0v) is 42.2. The third kappa shape index (κ3) is 10.1. The summed E-state index contributed by atoms with van der Waals surface area (Å²) in [6.07, 6.45) is -23.3. The van der Waals surface area contributed by atoms with Crippen molar-refractivity contribution in [1.29, 1.82) is 0 Å². The fourth-order valence-electron chi connectivity index (χ4n) is 14.8. The topological polar surface area (TPSA) is 366 Å². The summed E-state index contributed by atoms with van der Waals surface area (Å²) in [5.41, 5.74) is 1.01. The van der Waals surface area contributed by atoms with Gasteiger partial charge in [-0.2, -0.15) is 0 Å². The maximum Gasteiger partial charge on any atom is 0.189 e. The molecule has 0 aromatic rings.